The molecule has 0 saturated carbocycles. The molecule has 2 N–H and O–H groups in total. The lowest BCUT2D eigenvalue weighted by Gasteiger charge is -2.26. The van der Waals surface area contributed by atoms with Gasteiger partial charge in [0.2, 0.25) is 15.6 Å². The minimum Gasteiger partial charge on any atom is -0.379 e. The number of carbonyl (C=O) groups excluding carboxylic acids is 1. The van der Waals surface area contributed by atoms with E-state index in [0.29, 0.717) is 48.3 Å². The topological polar surface area (TPSA) is 109 Å². The summed E-state index contributed by atoms with van der Waals surface area (Å²) in [7, 11) is -3.49. The maximum absolute atomic E-state index is 12.8. The van der Waals surface area contributed by atoms with Crippen molar-refractivity contribution in [1.29, 1.82) is 0 Å². The fraction of sp³-hybridized carbons (Fsp3) is 0.273. The molecule has 8 nitrogen and oxygen atoms in total. The minimum atomic E-state index is -3.49. The smallest absolute Gasteiger partial charge is 0.252 e. The Balaban J connectivity index is 1.52. The van der Waals surface area contributed by atoms with Gasteiger partial charge in [-0.05, 0) is 17.2 Å². The van der Waals surface area contributed by atoms with E-state index in [4.69, 9.17) is 4.74 Å². The third-order valence-corrected chi connectivity index (χ3v) is 7.08. The van der Waals surface area contributed by atoms with Crippen LogP contribution in [0.4, 0.5) is 0 Å². The van der Waals surface area contributed by atoms with Gasteiger partial charge in [0.25, 0.3) is 5.91 Å². The van der Waals surface area contributed by atoms with Gasteiger partial charge < -0.3 is 15.0 Å². The second-order valence-electron chi connectivity index (χ2n) is 7.31. The Labute approximate surface area is 179 Å². The number of benzene rings is 2. The van der Waals surface area contributed by atoms with Gasteiger partial charge in [-0.2, -0.15) is 4.31 Å². The molecule has 1 saturated heterocycles. The number of aromatic nitrogens is 1. The van der Waals surface area contributed by atoms with Gasteiger partial charge in [-0.3, -0.25) is 9.59 Å². The zero-order valence-electron chi connectivity index (χ0n) is 16.8. The highest BCUT2D eigenvalue weighted by atomic mass is 32.2. The molecule has 2 aromatic carbocycles. The van der Waals surface area contributed by atoms with E-state index < -0.39 is 15.9 Å². The molecule has 1 amide bonds. The number of rotatable bonds is 6. The number of pyridine rings is 1. The summed E-state index contributed by atoms with van der Waals surface area (Å²) in [6.45, 7) is 1.62. The van der Waals surface area contributed by atoms with Crippen LogP contribution in [0.3, 0.4) is 0 Å². The summed E-state index contributed by atoms with van der Waals surface area (Å²) in [5.41, 5.74) is 1.84. The number of sulfonamides is 1. The Bertz CT molecular complexity index is 1260. The van der Waals surface area contributed by atoms with Crippen molar-refractivity contribution in [2.75, 3.05) is 26.3 Å². The summed E-state index contributed by atoms with van der Waals surface area (Å²) in [5.74, 6) is -0.541. The molecule has 162 valence electrons. The first kappa shape index (κ1) is 21.2. The number of fused-ring (bicyclic) bond motifs is 1. The number of H-pyrrole nitrogens is 1. The number of carbonyl (C=O) groups is 1. The third kappa shape index (κ3) is 4.84. The number of para-hydroxylation sites is 1. The summed E-state index contributed by atoms with van der Waals surface area (Å²) in [5, 5.41) is 3.46. The van der Waals surface area contributed by atoms with Gasteiger partial charge in [-0.15, -0.1) is 0 Å². The molecular formula is C22H23N3O5S. The van der Waals surface area contributed by atoms with Gasteiger partial charge >= 0.3 is 0 Å². The molecule has 0 atom stereocenters. The highest BCUT2D eigenvalue weighted by Crippen LogP contribution is 2.18. The van der Waals surface area contributed by atoms with Crippen LogP contribution in [0.5, 0.6) is 0 Å². The Morgan fingerprint density at radius 2 is 1.71 bits per heavy atom. The summed E-state index contributed by atoms with van der Waals surface area (Å²) >= 11 is 0. The molecule has 9 heteroatoms. The predicted octanol–water partition coefficient (Wildman–Crippen LogP) is 1.62. The number of nitrogens with one attached hydrogen (secondary N) is 2. The second-order valence-corrected chi connectivity index (χ2v) is 9.28. The van der Waals surface area contributed by atoms with E-state index in [1.54, 1.807) is 48.5 Å². The van der Waals surface area contributed by atoms with Crippen molar-refractivity contribution in [3.8, 4) is 0 Å². The number of hydrogen-bond donors (Lipinski definition) is 2. The van der Waals surface area contributed by atoms with Crippen molar-refractivity contribution in [3.05, 3.63) is 81.6 Å². The molecule has 1 aromatic heterocycles. The fourth-order valence-corrected chi connectivity index (χ4v) is 5.21. The first-order valence-corrected chi connectivity index (χ1v) is 11.6. The van der Waals surface area contributed by atoms with Gasteiger partial charge in [-0.1, -0.05) is 42.5 Å². The Morgan fingerprint density at radius 3 is 2.48 bits per heavy atom. The van der Waals surface area contributed by atoms with Crippen molar-refractivity contribution < 1.29 is 17.9 Å². The normalized spacial score (nSPS) is 15.1. The number of hydrogen-bond acceptors (Lipinski definition) is 5. The molecule has 3 aromatic rings. The van der Waals surface area contributed by atoms with Crippen LogP contribution in [0.15, 0.2) is 59.4 Å². The summed E-state index contributed by atoms with van der Waals surface area (Å²) < 4.78 is 32.3. The monoisotopic (exact) mass is 441 g/mol. The molecule has 0 unspecified atom stereocenters. The minimum absolute atomic E-state index is 0.146. The lowest BCUT2D eigenvalue weighted by Crippen LogP contribution is -2.41. The van der Waals surface area contributed by atoms with Crippen LogP contribution in [0, 0.1) is 0 Å². The van der Waals surface area contributed by atoms with E-state index in [9.17, 15) is 18.0 Å². The maximum atomic E-state index is 12.8. The summed E-state index contributed by atoms with van der Waals surface area (Å²) in [6, 6.07) is 15.5. The van der Waals surface area contributed by atoms with Crippen LogP contribution in [0.2, 0.25) is 0 Å². The van der Waals surface area contributed by atoms with Crippen molar-refractivity contribution in [3.63, 3.8) is 0 Å². The molecule has 4 rings (SSSR count). The number of aromatic amines is 1. The second kappa shape index (κ2) is 9.01. The van der Waals surface area contributed by atoms with Crippen molar-refractivity contribution in [2.45, 2.75) is 12.3 Å². The van der Waals surface area contributed by atoms with Gasteiger partial charge in [0.15, 0.2) is 0 Å². The van der Waals surface area contributed by atoms with Crippen molar-refractivity contribution in [1.82, 2.24) is 14.6 Å². The number of morpholine rings is 1. The van der Waals surface area contributed by atoms with Gasteiger partial charge in [-0.25, -0.2) is 8.42 Å². The fourth-order valence-electron chi connectivity index (χ4n) is 3.65. The van der Waals surface area contributed by atoms with Crippen molar-refractivity contribution in [2.24, 2.45) is 0 Å². The molecule has 1 fully saturated rings. The SMILES string of the molecule is O=C(NCc1ccccc1CS(=O)(=O)N1CCOCC1)c1cc(=O)[nH]c2ccccc12. The Morgan fingerprint density at radius 1 is 1.03 bits per heavy atom. The highest BCUT2D eigenvalue weighted by Gasteiger charge is 2.25. The molecule has 0 radical (unpaired) electrons. The number of nitrogens with zero attached hydrogens (tertiary/aromatic N) is 1. The Hall–Kier alpha value is -3.01. The molecule has 1 aliphatic heterocycles. The molecule has 0 aliphatic carbocycles. The average Bonchev–Trinajstić information content (AvgIpc) is 2.78. The number of ether oxygens (including phenoxy) is 1. The van der Waals surface area contributed by atoms with Crippen LogP contribution in [0.25, 0.3) is 10.9 Å². The quantitative estimate of drug-likeness (QED) is 0.604. The highest BCUT2D eigenvalue weighted by molar-refractivity contribution is 7.88. The molecule has 31 heavy (non-hydrogen) atoms. The number of amides is 1. The van der Waals surface area contributed by atoms with E-state index in [2.05, 4.69) is 10.3 Å². The molecule has 2 heterocycles. The van der Waals surface area contributed by atoms with E-state index in [1.165, 1.54) is 10.4 Å². The van der Waals surface area contributed by atoms with Crippen LogP contribution in [0.1, 0.15) is 21.5 Å². The summed E-state index contributed by atoms with van der Waals surface area (Å²) in [4.78, 5) is 27.5. The lowest BCUT2D eigenvalue weighted by molar-refractivity contribution is 0.0729. The zero-order chi connectivity index (χ0) is 21.8. The average molecular weight is 442 g/mol. The molecular weight excluding hydrogens is 418 g/mol. The lowest BCUT2D eigenvalue weighted by atomic mass is 10.1. The standard InChI is InChI=1S/C22H23N3O5S/c26-21-13-19(18-7-3-4-8-20(18)24-21)22(27)23-14-16-5-1-2-6-17(16)15-31(28,29)25-9-11-30-12-10-25/h1-8,13H,9-12,14-15H2,(H,23,27)(H,24,26). The van der Waals surface area contributed by atoms with E-state index >= 15 is 0 Å². The van der Waals surface area contributed by atoms with Gasteiger partial charge in [0.05, 0.1) is 24.5 Å². The molecule has 1 aliphatic rings. The van der Waals surface area contributed by atoms with Gasteiger partial charge in [0, 0.05) is 36.6 Å². The predicted molar refractivity (Wildman–Crippen MR) is 117 cm³/mol. The zero-order valence-corrected chi connectivity index (χ0v) is 17.7. The first-order valence-electron chi connectivity index (χ1n) is 9.97. The van der Waals surface area contributed by atoms with Crippen LogP contribution < -0.4 is 10.9 Å². The van der Waals surface area contributed by atoms with Crippen LogP contribution in [-0.2, 0) is 27.1 Å². The molecule has 0 bridgehead atoms. The van der Waals surface area contributed by atoms with E-state index in [0.717, 1.165) is 0 Å². The Kier molecular flexibility index (Phi) is 6.17. The largest absolute Gasteiger partial charge is 0.379 e. The van der Waals surface area contributed by atoms with Crippen LogP contribution >= 0.6 is 0 Å². The van der Waals surface area contributed by atoms with Gasteiger partial charge in [0.1, 0.15) is 0 Å². The molecule has 0 spiro atoms. The summed E-state index contributed by atoms with van der Waals surface area (Å²) in [6.07, 6.45) is 0. The van der Waals surface area contributed by atoms with Crippen molar-refractivity contribution >= 4 is 26.8 Å². The first-order chi connectivity index (χ1) is 14.9. The van der Waals surface area contributed by atoms with Crippen LogP contribution in [-0.4, -0.2) is 49.9 Å². The maximum Gasteiger partial charge on any atom is 0.252 e. The van der Waals surface area contributed by atoms with E-state index in [-0.39, 0.29) is 23.4 Å². The third-order valence-electron chi connectivity index (χ3n) is 5.25. The van der Waals surface area contributed by atoms with E-state index in [1.807, 2.05) is 0 Å².